The largest absolute Gasteiger partial charge is 0.456 e. The van der Waals surface area contributed by atoms with Crippen LogP contribution in [-0.4, -0.2) is 46.9 Å². The third-order valence-corrected chi connectivity index (χ3v) is 7.45. The molecule has 0 radical (unpaired) electrons. The zero-order chi connectivity index (χ0) is 23.6. The Morgan fingerprint density at radius 2 is 1.85 bits per heavy atom. The summed E-state index contributed by atoms with van der Waals surface area (Å²) in [6.45, 7) is 1.29. The first-order valence-corrected chi connectivity index (χ1v) is 11.6. The fraction of sp³-hybridized carbons (Fsp3) is 0.333. The Hall–Kier alpha value is -3.20. The molecule has 2 aromatic carbocycles. The number of ketones is 1. The van der Waals surface area contributed by atoms with Crippen molar-refractivity contribution in [2.24, 2.45) is 0 Å². The highest BCUT2D eigenvalue weighted by Crippen LogP contribution is 2.54. The monoisotopic (exact) mass is 470 g/mol. The van der Waals surface area contributed by atoms with Gasteiger partial charge in [-0.3, -0.25) is 14.4 Å². The summed E-state index contributed by atoms with van der Waals surface area (Å²) < 4.78 is 18.7. The Balaban J connectivity index is 1.40. The zero-order valence-corrected chi connectivity index (χ0v) is 18.8. The number of carbonyl (C=O) groups is 4. The summed E-state index contributed by atoms with van der Waals surface area (Å²) in [6, 6.07) is 11.5. The van der Waals surface area contributed by atoms with Crippen LogP contribution in [0.4, 0.5) is 10.1 Å². The topological polar surface area (TPSA) is 92.8 Å². The number of amides is 2. The molecule has 2 aliphatic rings. The van der Waals surface area contributed by atoms with Gasteiger partial charge in [0, 0.05) is 29.8 Å². The minimum Gasteiger partial charge on any atom is -0.456 e. The van der Waals surface area contributed by atoms with E-state index < -0.39 is 23.5 Å². The lowest BCUT2D eigenvalue weighted by Crippen LogP contribution is -2.47. The minimum absolute atomic E-state index is 0.134. The standard InChI is InChI=1S/C24H23FN2O5S/c1-2-21(29)26-18-9-3-15(4-10-18)20(28)13-32-23(31)19-14-33-24(12-11-22(30)27(19)24)16-5-7-17(25)8-6-16/h3-10,19H,2,11-14H2,1H3,(H,26,29)/t19-,24+/m0/s1. The molecule has 1 N–H and O–H groups in total. The van der Waals surface area contributed by atoms with Crippen LogP contribution < -0.4 is 5.32 Å². The fourth-order valence-electron chi connectivity index (χ4n) is 4.13. The molecule has 2 amide bonds. The number of nitrogens with zero attached hydrogens (tertiary/aromatic N) is 1. The Bertz CT molecular complexity index is 1090. The number of benzene rings is 2. The first-order chi connectivity index (χ1) is 15.8. The predicted octanol–water partition coefficient (Wildman–Crippen LogP) is 3.49. The molecule has 4 rings (SSSR count). The number of Topliss-reactive ketones (excluding diaryl/α,β-unsaturated/α-hetero) is 1. The van der Waals surface area contributed by atoms with E-state index in [0.717, 1.165) is 5.56 Å². The number of esters is 1. The summed E-state index contributed by atoms with van der Waals surface area (Å²) in [4.78, 5) is 50.2. The van der Waals surface area contributed by atoms with Crippen LogP contribution in [0.25, 0.3) is 0 Å². The van der Waals surface area contributed by atoms with E-state index in [1.165, 1.54) is 28.8 Å². The second-order valence-corrected chi connectivity index (χ2v) is 9.19. The lowest BCUT2D eigenvalue weighted by Gasteiger charge is -2.33. The lowest BCUT2D eigenvalue weighted by atomic mass is 10.0. The molecule has 0 saturated carbocycles. The number of halogens is 1. The molecule has 172 valence electrons. The maximum atomic E-state index is 13.4. The van der Waals surface area contributed by atoms with Gasteiger partial charge < -0.3 is 15.0 Å². The van der Waals surface area contributed by atoms with Crippen molar-refractivity contribution in [1.82, 2.24) is 4.90 Å². The van der Waals surface area contributed by atoms with E-state index in [0.29, 0.717) is 29.8 Å². The number of nitrogens with one attached hydrogen (secondary N) is 1. The number of hydrogen-bond acceptors (Lipinski definition) is 6. The minimum atomic E-state index is -0.811. The predicted molar refractivity (Wildman–Crippen MR) is 121 cm³/mol. The molecule has 0 unspecified atom stereocenters. The van der Waals surface area contributed by atoms with Gasteiger partial charge in [0.1, 0.15) is 16.7 Å². The maximum absolute atomic E-state index is 13.4. The number of anilines is 1. The summed E-state index contributed by atoms with van der Waals surface area (Å²) in [5.74, 6) is -1.36. The summed E-state index contributed by atoms with van der Waals surface area (Å²) in [5.41, 5.74) is 1.68. The van der Waals surface area contributed by atoms with E-state index >= 15 is 0 Å². The van der Waals surface area contributed by atoms with Gasteiger partial charge in [-0.1, -0.05) is 19.1 Å². The van der Waals surface area contributed by atoms with E-state index in [1.807, 2.05) is 0 Å². The molecule has 0 spiro atoms. The first-order valence-electron chi connectivity index (χ1n) is 10.7. The Morgan fingerprint density at radius 3 is 2.52 bits per heavy atom. The molecule has 9 heteroatoms. The van der Waals surface area contributed by atoms with Crippen molar-refractivity contribution in [3.63, 3.8) is 0 Å². The van der Waals surface area contributed by atoms with Crippen molar-refractivity contribution in [3.05, 3.63) is 65.5 Å². The van der Waals surface area contributed by atoms with E-state index in [2.05, 4.69) is 5.32 Å². The van der Waals surface area contributed by atoms with Crippen LogP contribution in [0.2, 0.25) is 0 Å². The fourth-order valence-corrected chi connectivity index (χ4v) is 5.77. The molecule has 0 aliphatic carbocycles. The van der Waals surface area contributed by atoms with Crippen LogP contribution in [-0.2, 0) is 24.0 Å². The van der Waals surface area contributed by atoms with Gasteiger partial charge in [-0.05, 0) is 48.4 Å². The van der Waals surface area contributed by atoms with Gasteiger partial charge in [0.2, 0.25) is 11.8 Å². The highest BCUT2D eigenvalue weighted by molar-refractivity contribution is 8.00. The molecule has 2 aromatic rings. The van der Waals surface area contributed by atoms with E-state index in [9.17, 15) is 23.6 Å². The van der Waals surface area contributed by atoms with Crippen LogP contribution in [0.3, 0.4) is 0 Å². The second-order valence-electron chi connectivity index (χ2n) is 7.89. The first kappa shape index (κ1) is 23.0. The van der Waals surface area contributed by atoms with Gasteiger partial charge >= 0.3 is 5.97 Å². The molecule has 0 bridgehead atoms. The summed E-state index contributed by atoms with van der Waals surface area (Å²) in [7, 11) is 0. The highest BCUT2D eigenvalue weighted by Gasteiger charge is 2.57. The van der Waals surface area contributed by atoms with Crippen LogP contribution in [0.1, 0.15) is 42.1 Å². The Morgan fingerprint density at radius 1 is 1.15 bits per heavy atom. The molecular formula is C24H23FN2O5S. The van der Waals surface area contributed by atoms with Gasteiger partial charge in [-0.25, -0.2) is 9.18 Å². The van der Waals surface area contributed by atoms with Crippen molar-refractivity contribution < 1.29 is 28.3 Å². The van der Waals surface area contributed by atoms with Gasteiger partial charge in [0.25, 0.3) is 0 Å². The average molecular weight is 471 g/mol. The zero-order valence-electron chi connectivity index (χ0n) is 18.0. The maximum Gasteiger partial charge on any atom is 0.330 e. The summed E-state index contributed by atoms with van der Waals surface area (Å²) in [5, 5.41) is 2.69. The van der Waals surface area contributed by atoms with E-state index in [-0.39, 0.29) is 29.8 Å². The number of rotatable bonds is 7. The van der Waals surface area contributed by atoms with Gasteiger partial charge in [-0.15, -0.1) is 11.8 Å². The van der Waals surface area contributed by atoms with E-state index in [1.54, 1.807) is 43.3 Å². The Labute approximate surface area is 194 Å². The Kier molecular flexibility index (Phi) is 6.51. The van der Waals surface area contributed by atoms with Crippen LogP contribution in [0, 0.1) is 5.82 Å². The molecule has 2 saturated heterocycles. The van der Waals surface area contributed by atoms with Gasteiger partial charge in [-0.2, -0.15) is 0 Å². The molecular weight excluding hydrogens is 447 g/mol. The third kappa shape index (κ3) is 4.50. The molecule has 2 atom stereocenters. The van der Waals surface area contributed by atoms with Crippen molar-refractivity contribution in [1.29, 1.82) is 0 Å². The number of fused-ring (bicyclic) bond motifs is 1. The normalized spacial score (nSPS) is 21.6. The van der Waals surface area contributed by atoms with E-state index in [4.69, 9.17) is 4.74 Å². The molecule has 7 nitrogen and oxygen atoms in total. The van der Waals surface area contributed by atoms with Crippen LogP contribution >= 0.6 is 11.8 Å². The molecule has 0 aromatic heterocycles. The average Bonchev–Trinajstić information content (AvgIpc) is 3.37. The molecule has 2 fully saturated rings. The highest BCUT2D eigenvalue weighted by atomic mass is 32.2. The van der Waals surface area contributed by atoms with Crippen molar-refractivity contribution in [2.45, 2.75) is 37.1 Å². The second kappa shape index (κ2) is 9.35. The molecule has 2 heterocycles. The molecule has 33 heavy (non-hydrogen) atoms. The van der Waals surface area contributed by atoms with Gasteiger partial charge in [0.05, 0.1) is 0 Å². The van der Waals surface area contributed by atoms with Crippen molar-refractivity contribution >= 4 is 41.0 Å². The number of thioether (sulfide) groups is 1. The molecule has 2 aliphatic heterocycles. The van der Waals surface area contributed by atoms with Crippen molar-refractivity contribution in [3.8, 4) is 0 Å². The smallest absolute Gasteiger partial charge is 0.330 e. The van der Waals surface area contributed by atoms with Gasteiger partial charge in [0.15, 0.2) is 12.4 Å². The number of ether oxygens (including phenoxy) is 1. The number of hydrogen-bond donors (Lipinski definition) is 1. The summed E-state index contributed by atoms with van der Waals surface area (Å²) in [6.07, 6.45) is 1.15. The quantitative estimate of drug-likeness (QED) is 0.492. The summed E-state index contributed by atoms with van der Waals surface area (Å²) >= 11 is 1.46. The lowest BCUT2D eigenvalue weighted by molar-refractivity contribution is -0.152. The van der Waals surface area contributed by atoms with Crippen LogP contribution in [0.15, 0.2) is 48.5 Å². The van der Waals surface area contributed by atoms with Crippen molar-refractivity contribution in [2.75, 3.05) is 17.7 Å². The third-order valence-electron chi connectivity index (χ3n) is 5.85. The number of carbonyl (C=O) groups excluding carboxylic acids is 4. The SMILES string of the molecule is CCC(=O)Nc1ccc(C(=O)COC(=O)[C@@H]2CS[C@@]3(c4ccc(F)cc4)CCC(=O)N23)cc1. The van der Waals surface area contributed by atoms with Crippen LogP contribution in [0.5, 0.6) is 0 Å².